The first-order valence-corrected chi connectivity index (χ1v) is 4.88. The molecule has 1 rings (SSSR count). The number of aromatic amines is 1. The lowest BCUT2D eigenvalue weighted by molar-refractivity contribution is 0.0142. The van der Waals surface area contributed by atoms with Gasteiger partial charge in [0.2, 0.25) is 0 Å². The van der Waals surface area contributed by atoms with Gasteiger partial charge in [-0.25, -0.2) is 0 Å². The molecule has 1 aromatic heterocycles. The van der Waals surface area contributed by atoms with Gasteiger partial charge in [0.15, 0.2) is 0 Å². The van der Waals surface area contributed by atoms with Crippen LogP contribution >= 0.6 is 11.6 Å². The summed E-state index contributed by atoms with van der Waals surface area (Å²) in [6, 6.07) is 1.32. The SMILES string of the molecule is NCCC(O)C(O)c1cc(Cl)c[nH]c1=O. The first kappa shape index (κ1) is 12.2. The van der Waals surface area contributed by atoms with Gasteiger partial charge >= 0.3 is 0 Å². The predicted molar refractivity (Wildman–Crippen MR) is 56.7 cm³/mol. The molecular weight excluding hydrogens is 220 g/mol. The van der Waals surface area contributed by atoms with Crippen molar-refractivity contribution in [3.63, 3.8) is 0 Å². The minimum atomic E-state index is -1.27. The lowest BCUT2D eigenvalue weighted by Crippen LogP contribution is -2.26. The van der Waals surface area contributed by atoms with Gasteiger partial charge in [0, 0.05) is 11.8 Å². The summed E-state index contributed by atoms with van der Waals surface area (Å²) in [5.41, 5.74) is 4.81. The Hall–Kier alpha value is -0.880. The van der Waals surface area contributed by atoms with Gasteiger partial charge < -0.3 is 20.9 Å². The molecule has 84 valence electrons. The number of H-pyrrole nitrogens is 1. The van der Waals surface area contributed by atoms with Crippen molar-refractivity contribution in [2.75, 3.05) is 6.54 Å². The summed E-state index contributed by atoms with van der Waals surface area (Å²) in [6.07, 6.45) is -0.798. The summed E-state index contributed by atoms with van der Waals surface area (Å²) in [7, 11) is 0. The predicted octanol–water partition coefficient (Wildman–Crippen LogP) is -0.229. The van der Waals surface area contributed by atoms with Gasteiger partial charge in [-0.2, -0.15) is 0 Å². The lowest BCUT2D eigenvalue weighted by atomic mass is 10.0. The van der Waals surface area contributed by atoms with Crippen molar-refractivity contribution in [3.8, 4) is 0 Å². The second-order valence-electron chi connectivity index (χ2n) is 3.19. The van der Waals surface area contributed by atoms with Gasteiger partial charge in [-0.3, -0.25) is 4.79 Å². The maximum atomic E-state index is 11.3. The molecule has 15 heavy (non-hydrogen) atoms. The zero-order chi connectivity index (χ0) is 11.4. The maximum Gasteiger partial charge on any atom is 0.253 e. The van der Waals surface area contributed by atoms with Crippen LogP contribution in [-0.4, -0.2) is 27.8 Å². The van der Waals surface area contributed by atoms with E-state index in [4.69, 9.17) is 17.3 Å². The van der Waals surface area contributed by atoms with Crippen LogP contribution < -0.4 is 11.3 Å². The number of rotatable bonds is 4. The molecule has 2 unspecified atom stereocenters. The van der Waals surface area contributed by atoms with Crippen molar-refractivity contribution in [3.05, 3.63) is 33.2 Å². The Labute approximate surface area is 91.5 Å². The molecule has 1 heterocycles. The molecule has 0 saturated carbocycles. The van der Waals surface area contributed by atoms with Crippen LogP contribution in [0.25, 0.3) is 0 Å². The largest absolute Gasteiger partial charge is 0.390 e. The van der Waals surface area contributed by atoms with Gasteiger partial charge in [-0.15, -0.1) is 0 Å². The molecule has 0 aliphatic rings. The topological polar surface area (TPSA) is 99.3 Å². The zero-order valence-corrected chi connectivity index (χ0v) is 8.74. The fourth-order valence-electron chi connectivity index (χ4n) is 1.23. The van der Waals surface area contributed by atoms with E-state index in [1.54, 1.807) is 0 Å². The van der Waals surface area contributed by atoms with Crippen LogP contribution in [0.15, 0.2) is 17.1 Å². The average Bonchev–Trinajstić information content (AvgIpc) is 2.21. The van der Waals surface area contributed by atoms with E-state index in [9.17, 15) is 15.0 Å². The van der Waals surface area contributed by atoms with Crippen LogP contribution in [0, 0.1) is 0 Å². The van der Waals surface area contributed by atoms with E-state index in [0.29, 0.717) is 5.02 Å². The van der Waals surface area contributed by atoms with Crippen molar-refractivity contribution >= 4 is 11.6 Å². The average molecular weight is 233 g/mol. The second kappa shape index (κ2) is 5.27. The number of pyridine rings is 1. The number of hydrogen-bond acceptors (Lipinski definition) is 4. The van der Waals surface area contributed by atoms with E-state index in [-0.39, 0.29) is 18.5 Å². The lowest BCUT2D eigenvalue weighted by Gasteiger charge is -2.16. The second-order valence-corrected chi connectivity index (χ2v) is 3.63. The summed E-state index contributed by atoms with van der Waals surface area (Å²) in [6.45, 7) is 0.233. The smallest absolute Gasteiger partial charge is 0.253 e. The van der Waals surface area contributed by atoms with E-state index in [0.717, 1.165) is 0 Å². The van der Waals surface area contributed by atoms with E-state index in [1.807, 2.05) is 0 Å². The molecule has 1 aromatic rings. The van der Waals surface area contributed by atoms with Crippen molar-refractivity contribution < 1.29 is 10.2 Å². The van der Waals surface area contributed by atoms with Crippen LogP contribution in [0.3, 0.4) is 0 Å². The van der Waals surface area contributed by atoms with Crippen molar-refractivity contribution in [1.29, 1.82) is 0 Å². The third kappa shape index (κ3) is 3.04. The normalized spacial score (nSPS) is 14.9. The number of halogens is 1. The Bertz CT molecular complexity index is 380. The molecule has 2 atom stereocenters. The Kier molecular flexibility index (Phi) is 4.28. The number of aliphatic hydroxyl groups excluding tert-OH is 2. The van der Waals surface area contributed by atoms with Crippen LogP contribution in [0.4, 0.5) is 0 Å². The number of nitrogens with two attached hydrogens (primary N) is 1. The highest BCUT2D eigenvalue weighted by Gasteiger charge is 2.20. The fraction of sp³-hybridized carbons (Fsp3) is 0.444. The third-order valence-corrected chi connectivity index (χ3v) is 2.26. The molecule has 0 aliphatic heterocycles. The van der Waals surface area contributed by atoms with E-state index in [1.165, 1.54) is 12.3 Å². The summed E-state index contributed by atoms with van der Waals surface area (Å²) in [5.74, 6) is 0. The molecule has 5 nitrogen and oxygen atoms in total. The highest BCUT2D eigenvalue weighted by molar-refractivity contribution is 6.30. The maximum absolute atomic E-state index is 11.3. The van der Waals surface area contributed by atoms with Crippen molar-refractivity contribution in [2.45, 2.75) is 18.6 Å². The fourth-order valence-corrected chi connectivity index (χ4v) is 1.40. The van der Waals surface area contributed by atoms with Crippen LogP contribution in [0.1, 0.15) is 18.1 Å². The molecule has 0 fully saturated rings. The first-order valence-electron chi connectivity index (χ1n) is 4.50. The summed E-state index contributed by atoms with van der Waals surface area (Å²) in [5, 5.41) is 19.4. The molecule has 0 amide bonds. The molecule has 0 spiro atoms. The highest BCUT2D eigenvalue weighted by atomic mass is 35.5. The molecule has 0 radical (unpaired) electrons. The summed E-state index contributed by atoms with van der Waals surface area (Å²) in [4.78, 5) is 13.7. The Morgan fingerprint density at radius 1 is 1.53 bits per heavy atom. The number of aromatic nitrogens is 1. The molecule has 0 aromatic carbocycles. The van der Waals surface area contributed by atoms with Gasteiger partial charge in [0.1, 0.15) is 6.10 Å². The van der Waals surface area contributed by atoms with Crippen molar-refractivity contribution in [1.82, 2.24) is 4.98 Å². The van der Waals surface area contributed by atoms with Gasteiger partial charge in [-0.1, -0.05) is 11.6 Å². The standard InChI is InChI=1S/C9H13ClN2O3/c10-5-3-6(9(15)12-4-5)8(14)7(13)1-2-11/h3-4,7-8,13-14H,1-2,11H2,(H,12,15). The van der Waals surface area contributed by atoms with Crippen LogP contribution in [-0.2, 0) is 0 Å². The molecule has 0 bridgehead atoms. The zero-order valence-electron chi connectivity index (χ0n) is 7.98. The Morgan fingerprint density at radius 2 is 2.20 bits per heavy atom. The highest BCUT2D eigenvalue weighted by Crippen LogP contribution is 2.17. The van der Waals surface area contributed by atoms with Crippen LogP contribution in [0.5, 0.6) is 0 Å². The molecule has 6 heteroatoms. The monoisotopic (exact) mass is 232 g/mol. The van der Waals surface area contributed by atoms with E-state index in [2.05, 4.69) is 4.98 Å². The quantitative estimate of drug-likeness (QED) is 0.576. The van der Waals surface area contributed by atoms with Gasteiger partial charge in [0.05, 0.1) is 11.1 Å². The summed E-state index contributed by atoms with van der Waals surface area (Å²) < 4.78 is 0. The van der Waals surface area contributed by atoms with Gasteiger partial charge in [0.25, 0.3) is 5.56 Å². The molecule has 0 saturated heterocycles. The molecular formula is C9H13ClN2O3. The van der Waals surface area contributed by atoms with Gasteiger partial charge in [-0.05, 0) is 19.0 Å². The van der Waals surface area contributed by atoms with Crippen molar-refractivity contribution in [2.24, 2.45) is 5.73 Å². The summed E-state index contributed by atoms with van der Waals surface area (Å²) >= 11 is 5.66. The number of aliphatic hydroxyl groups is 2. The number of nitrogens with one attached hydrogen (secondary N) is 1. The molecule has 0 aliphatic carbocycles. The van der Waals surface area contributed by atoms with E-state index < -0.39 is 17.8 Å². The third-order valence-electron chi connectivity index (χ3n) is 2.04. The van der Waals surface area contributed by atoms with E-state index >= 15 is 0 Å². The van der Waals surface area contributed by atoms with Crippen LogP contribution in [0.2, 0.25) is 5.02 Å². The molecule has 5 N–H and O–H groups in total. The Balaban J connectivity index is 2.94. The first-order chi connectivity index (χ1) is 7.06. The Morgan fingerprint density at radius 3 is 2.80 bits per heavy atom. The minimum absolute atomic E-state index is 0.0449. The minimum Gasteiger partial charge on any atom is -0.390 e. The number of hydrogen-bond donors (Lipinski definition) is 4.